The van der Waals surface area contributed by atoms with Crippen molar-refractivity contribution in [3.8, 4) is 0 Å². The molecule has 0 aliphatic carbocycles. The fraction of sp³-hybridized carbons (Fsp3) is 0.750. The number of carbonyl (C=O) groups is 2. The van der Waals surface area contributed by atoms with Crippen molar-refractivity contribution in [2.75, 3.05) is 27.5 Å². The van der Waals surface area contributed by atoms with Crippen molar-refractivity contribution in [2.45, 2.75) is 12.5 Å². The number of ketones is 1. The maximum atomic E-state index is 11.6. The lowest BCUT2D eigenvalue weighted by molar-refractivity contribution is -0.143. The molecule has 0 aromatic carbocycles. The van der Waals surface area contributed by atoms with Gasteiger partial charge in [0.05, 0.1) is 7.11 Å². The van der Waals surface area contributed by atoms with Crippen molar-refractivity contribution in [2.24, 2.45) is 5.73 Å². The zero-order chi connectivity index (χ0) is 12.8. The highest BCUT2D eigenvalue weighted by Gasteiger charge is 2.27. The summed E-state index contributed by atoms with van der Waals surface area (Å²) in [6.07, 6.45) is -0.673. The second-order valence-corrected chi connectivity index (χ2v) is 5.27. The van der Waals surface area contributed by atoms with Crippen LogP contribution in [0.1, 0.15) is 6.42 Å². The molecule has 2 N–H and O–H groups in total. The van der Waals surface area contributed by atoms with Gasteiger partial charge in [-0.05, 0) is 0 Å². The highest BCUT2D eigenvalue weighted by atomic mass is 31.2. The largest absolute Gasteiger partial charge is 0.468 e. The molecular formula is C8H16NO6P. The molecular weight excluding hydrogens is 237 g/mol. The van der Waals surface area contributed by atoms with E-state index >= 15 is 0 Å². The summed E-state index contributed by atoms with van der Waals surface area (Å²) in [5.41, 5.74) is 5.36. The van der Waals surface area contributed by atoms with E-state index in [0.29, 0.717) is 0 Å². The molecule has 0 unspecified atom stereocenters. The molecule has 94 valence electrons. The summed E-state index contributed by atoms with van der Waals surface area (Å²) >= 11 is 0. The van der Waals surface area contributed by atoms with E-state index in [0.717, 1.165) is 0 Å². The van der Waals surface area contributed by atoms with Crippen molar-refractivity contribution < 1.29 is 27.9 Å². The van der Waals surface area contributed by atoms with Gasteiger partial charge in [0.25, 0.3) is 0 Å². The molecule has 0 fully saturated rings. The van der Waals surface area contributed by atoms with Crippen LogP contribution in [0.25, 0.3) is 0 Å². The lowest BCUT2D eigenvalue weighted by Crippen LogP contribution is -2.34. The SMILES string of the molecule is COC(=O)[C@@H](N)CC(=O)CP(=O)(OC)OC. The topological polar surface area (TPSA) is 105 Å². The van der Waals surface area contributed by atoms with Crippen LogP contribution in [0.2, 0.25) is 0 Å². The summed E-state index contributed by atoms with van der Waals surface area (Å²) in [4.78, 5) is 22.3. The number of hydrogen-bond acceptors (Lipinski definition) is 7. The normalized spacial score (nSPS) is 13.2. The van der Waals surface area contributed by atoms with E-state index in [2.05, 4.69) is 13.8 Å². The highest BCUT2D eigenvalue weighted by molar-refractivity contribution is 7.54. The predicted molar refractivity (Wildman–Crippen MR) is 56.1 cm³/mol. The van der Waals surface area contributed by atoms with E-state index in [1.807, 2.05) is 0 Å². The van der Waals surface area contributed by atoms with Crippen LogP contribution in [0.15, 0.2) is 0 Å². The average molecular weight is 253 g/mol. The number of Topliss-reactive ketones (excluding diaryl/α,β-unsaturated/α-hetero) is 1. The molecule has 0 aromatic heterocycles. The van der Waals surface area contributed by atoms with Crippen molar-refractivity contribution >= 4 is 19.3 Å². The molecule has 0 radical (unpaired) electrons. The zero-order valence-electron chi connectivity index (χ0n) is 9.47. The minimum atomic E-state index is -3.39. The van der Waals surface area contributed by atoms with E-state index in [4.69, 9.17) is 5.73 Å². The molecule has 0 aliphatic heterocycles. The third-order valence-electron chi connectivity index (χ3n) is 1.88. The van der Waals surface area contributed by atoms with Crippen molar-refractivity contribution in [3.63, 3.8) is 0 Å². The third-order valence-corrected chi connectivity index (χ3v) is 3.73. The van der Waals surface area contributed by atoms with Crippen LogP contribution in [0.4, 0.5) is 0 Å². The van der Waals surface area contributed by atoms with Gasteiger partial charge >= 0.3 is 13.6 Å². The first-order valence-corrected chi connectivity index (χ1v) is 6.17. The molecule has 0 heterocycles. The Morgan fingerprint density at radius 1 is 1.25 bits per heavy atom. The van der Waals surface area contributed by atoms with E-state index in [-0.39, 0.29) is 6.42 Å². The van der Waals surface area contributed by atoms with Crippen LogP contribution in [0.3, 0.4) is 0 Å². The Kier molecular flexibility index (Phi) is 6.43. The summed E-state index contributed by atoms with van der Waals surface area (Å²) in [5.74, 6) is -1.18. The molecule has 0 bridgehead atoms. The first-order valence-electron chi connectivity index (χ1n) is 4.44. The monoisotopic (exact) mass is 253 g/mol. The van der Waals surface area contributed by atoms with Crippen LogP contribution in [-0.2, 0) is 27.9 Å². The van der Waals surface area contributed by atoms with Crippen LogP contribution < -0.4 is 5.73 Å². The van der Waals surface area contributed by atoms with Gasteiger partial charge in [0.15, 0.2) is 0 Å². The summed E-state index contributed by atoms with van der Waals surface area (Å²) in [7, 11) is 0.136. The van der Waals surface area contributed by atoms with E-state index in [9.17, 15) is 14.2 Å². The smallest absolute Gasteiger partial charge is 0.337 e. The van der Waals surface area contributed by atoms with Crippen molar-refractivity contribution in [1.82, 2.24) is 0 Å². The summed E-state index contributed by atoms with van der Waals surface area (Å²) < 4.78 is 25.1. The summed E-state index contributed by atoms with van der Waals surface area (Å²) in [6, 6.07) is -1.06. The zero-order valence-corrected chi connectivity index (χ0v) is 10.4. The Morgan fingerprint density at radius 3 is 2.12 bits per heavy atom. The minimum absolute atomic E-state index is 0.261. The van der Waals surface area contributed by atoms with Gasteiger partial charge in [-0.2, -0.15) is 0 Å². The lowest BCUT2D eigenvalue weighted by Gasteiger charge is -2.13. The maximum Gasteiger partial charge on any atom is 0.337 e. The Balaban J connectivity index is 4.28. The van der Waals surface area contributed by atoms with Gasteiger partial charge in [-0.3, -0.25) is 14.2 Å². The molecule has 8 heteroatoms. The summed E-state index contributed by atoms with van der Waals surface area (Å²) in [5, 5.41) is 0. The summed E-state index contributed by atoms with van der Waals surface area (Å²) in [6.45, 7) is 0. The second-order valence-electron chi connectivity index (χ2n) is 3.01. The number of carbonyl (C=O) groups excluding carboxylic acids is 2. The first kappa shape index (κ1) is 15.2. The molecule has 0 saturated carbocycles. The molecule has 0 aromatic rings. The molecule has 0 aliphatic rings. The third kappa shape index (κ3) is 4.85. The average Bonchev–Trinajstić information content (AvgIpc) is 2.27. The Hall–Kier alpha value is -0.750. The predicted octanol–water partition coefficient (Wildman–Crippen LogP) is -0.0682. The lowest BCUT2D eigenvalue weighted by atomic mass is 10.2. The standard InChI is InChI=1S/C8H16NO6P/c1-13-8(11)7(9)4-6(10)5-16(12,14-2)15-3/h7H,4-5,9H2,1-3H3/t7-/m0/s1. The van der Waals surface area contributed by atoms with Gasteiger partial charge in [0.1, 0.15) is 18.0 Å². The molecule has 0 saturated heterocycles. The molecule has 1 atom stereocenters. The van der Waals surface area contributed by atoms with Gasteiger partial charge in [-0.15, -0.1) is 0 Å². The fourth-order valence-electron chi connectivity index (χ4n) is 0.964. The van der Waals surface area contributed by atoms with Gasteiger partial charge in [0, 0.05) is 20.6 Å². The molecule has 7 nitrogen and oxygen atoms in total. The molecule has 0 spiro atoms. The number of esters is 1. The first-order chi connectivity index (χ1) is 7.38. The Morgan fingerprint density at radius 2 is 1.75 bits per heavy atom. The van der Waals surface area contributed by atoms with Crippen LogP contribution in [0.5, 0.6) is 0 Å². The Labute approximate surface area is 93.8 Å². The quantitative estimate of drug-likeness (QED) is 0.500. The second kappa shape index (κ2) is 6.75. The number of rotatable bonds is 7. The number of nitrogens with two attached hydrogens (primary N) is 1. The molecule has 0 amide bonds. The van der Waals surface area contributed by atoms with E-state index in [1.165, 1.54) is 21.3 Å². The van der Waals surface area contributed by atoms with Crippen LogP contribution in [0, 0.1) is 0 Å². The minimum Gasteiger partial charge on any atom is -0.468 e. The molecule has 0 rings (SSSR count). The van der Waals surface area contributed by atoms with Crippen molar-refractivity contribution in [1.29, 1.82) is 0 Å². The highest BCUT2D eigenvalue weighted by Crippen LogP contribution is 2.46. The Bertz CT molecular complexity index is 297. The van der Waals surface area contributed by atoms with Crippen LogP contribution in [-0.4, -0.2) is 45.3 Å². The fourth-order valence-corrected chi connectivity index (χ4v) is 1.93. The van der Waals surface area contributed by atoms with Crippen LogP contribution >= 0.6 is 7.60 Å². The number of methoxy groups -OCH3 is 1. The van der Waals surface area contributed by atoms with Gasteiger partial charge < -0.3 is 19.5 Å². The molecule has 16 heavy (non-hydrogen) atoms. The maximum absolute atomic E-state index is 11.6. The van der Waals surface area contributed by atoms with Gasteiger partial charge in [-0.25, -0.2) is 0 Å². The number of ether oxygens (including phenoxy) is 1. The van der Waals surface area contributed by atoms with Crippen molar-refractivity contribution in [3.05, 3.63) is 0 Å². The van der Waals surface area contributed by atoms with E-state index < -0.39 is 31.6 Å². The van der Waals surface area contributed by atoms with E-state index in [1.54, 1.807) is 0 Å². The number of hydrogen-bond donors (Lipinski definition) is 1. The van der Waals surface area contributed by atoms with Gasteiger partial charge in [-0.1, -0.05) is 0 Å². The van der Waals surface area contributed by atoms with Gasteiger partial charge in [0.2, 0.25) is 0 Å².